The Hall–Kier alpha value is -1.82. The van der Waals surface area contributed by atoms with Gasteiger partial charge in [-0.1, -0.05) is 12.1 Å². The van der Waals surface area contributed by atoms with E-state index < -0.39 is 9.84 Å². The molecule has 1 heterocycles. The maximum atomic E-state index is 12.5. The summed E-state index contributed by atoms with van der Waals surface area (Å²) < 4.78 is 23.2. The summed E-state index contributed by atoms with van der Waals surface area (Å²) in [5.41, 5.74) is 6.66. The fourth-order valence-electron chi connectivity index (χ4n) is 2.40. The van der Waals surface area contributed by atoms with Crippen LogP contribution in [0.3, 0.4) is 0 Å². The Morgan fingerprint density at radius 1 is 1.50 bits per heavy atom. The molecule has 5 nitrogen and oxygen atoms in total. The van der Waals surface area contributed by atoms with E-state index in [0.717, 1.165) is 0 Å². The third-order valence-electron chi connectivity index (χ3n) is 3.37. The summed E-state index contributed by atoms with van der Waals surface area (Å²) in [6, 6.07) is 6.40. The molecule has 1 aliphatic heterocycles. The summed E-state index contributed by atoms with van der Waals surface area (Å²) in [5.74, 6) is -0.0518. The molecule has 1 amide bonds. The molecule has 2 rings (SSSR count). The summed E-state index contributed by atoms with van der Waals surface area (Å²) in [6.07, 6.45) is 2.08. The minimum absolute atomic E-state index is 0.0227. The molecule has 0 aliphatic carbocycles. The van der Waals surface area contributed by atoms with Gasteiger partial charge in [0.1, 0.15) is 0 Å². The van der Waals surface area contributed by atoms with E-state index in [-0.39, 0.29) is 23.5 Å². The molecule has 0 saturated carbocycles. The molecule has 1 atom stereocenters. The van der Waals surface area contributed by atoms with Crippen LogP contribution in [-0.2, 0) is 9.84 Å². The molecular weight excluding hydrogens is 276 g/mol. The van der Waals surface area contributed by atoms with E-state index in [9.17, 15) is 13.2 Å². The molecule has 1 saturated heterocycles. The Bertz CT molecular complexity index is 625. The first-order valence-electron chi connectivity index (χ1n) is 6.41. The highest BCUT2D eigenvalue weighted by Crippen LogP contribution is 2.20. The Morgan fingerprint density at radius 2 is 2.25 bits per heavy atom. The van der Waals surface area contributed by atoms with Crippen LogP contribution in [0.15, 0.2) is 36.9 Å². The Labute approximate surface area is 119 Å². The van der Waals surface area contributed by atoms with Crippen LogP contribution in [0, 0.1) is 0 Å². The number of amides is 1. The molecule has 1 aliphatic rings. The molecule has 0 bridgehead atoms. The van der Waals surface area contributed by atoms with Crippen molar-refractivity contribution in [3.05, 3.63) is 42.5 Å². The Balaban J connectivity index is 2.25. The highest BCUT2D eigenvalue weighted by molar-refractivity contribution is 7.91. The number of carbonyl (C=O) groups excluding carboxylic acids is 1. The van der Waals surface area contributed by atoms with Crippen LogP contribution in [0.1, 0.15) is 16.8 Å². The normalized spacial score (nSPS) is 20.5. The molecule has 6 heteroatoms. The van der Waals surface area contributed by atoms with Gasteiger partial charge in [-0.25, -0.2) is 8.42 Å². The summed E-state index contributed by atoms with van der Waals surface area (Å²) in [6.45, 7) is 3.96. The van der Waals surface area contributed by atoms with Gasteiger partial charge in [0.25, 0.3) is 5.91 Å². The molecule has 0 spiro atoms. The monoisotopic (exact) mass is 294 g/mol. The van der Waals surface area contributed by atoms with E-state index in [1.807, 2.05) is 0 Å². The fourth-order valence-corrected chi connectivity index (χ4v) is 4.13. The van der Waals surface area contributed by atoms with Gasteiger partial charge in [-0.2, -0.15) is 0 Å². The first-order chi connectivity index (χ1) is 9.43. The average Bonchev–Trinajstić information content (AvgIpc) is 2.75. The number of nitrogens with zero attached hydrogens (tertiary/aromatic N) is 1. The van der Waals surface area contributed by atoms with Crippen LogP contribution in [0.5, 0.6) is 0 Å². The number of benzene rings is 1. The Morgan fingerprint density at radius 3 is 2.80 bits per heavy atom. The number of nitrogens with two attached hydrogens (primary N) is 1. The standard InChI is InChI=1S/C14H18N2O3S/c1-2-7-16(13-6-8-20(18,19)10-13)14(17)11-4-3-5-12(15)9-11/h2-5,9,13H,1,6-8,10,15H2/t13-/m0/s1. The van der Waals surface area contributed by atoms with E-state index in [4.69, 9.17) is 5.73 Å². The van der Waals surface area contributed by atoms with Gasteiger partial charge in [0.2, 0.25) is 0 Å². The molecule has 0 unspecified atom stereocenters. The van der Waals surface area contributed by atoms with Gasteiger partial charge in [-0.3, -0.25) is 4.79 Å². The third kappa shape index (κ3) is 3.19. The lowest BCUT2D eigenvalue weighted by Gasteiger charge is -2.27. The first-order valence-corrected chi connectivity index (χ1v) is 8.23. The molecule has 1 fully saturated rings. The highest BCUT2D eigenvalue weighted by Gasteiger charge is 2.34. The van der Waals surface area contributed by atoms with Crippen molar-refractivity contribution in [2.45, 2.75) is 12.5 Å². The summed E-state index contributed by atoms with van der Waals surface area (Å²) in [4.78, 5) is 14.1. The van der Waals surface area contributed by atoms with Crippen LogP contribution in [-0.4, -0.2) is 43.3 Å². The van der Waals surface area contributed by atoms with Gasteiger partial charge in [0, 0.05) is 23.8 Å². The topological polar surface area (TPSA) is 80.5 Å². The average molecular weight is 294 g/mol. The van der Waals surface area contributed by atoms with Gasteiger partial charge in [0.05, 0.1) is 11.5 Å². The van der Waals surface area contributed by atoms with Crippen molar-refractivity contribution in [1.82, 2.24) is 4.90 Å². The first kappa shape index (κ1) is 14.6. The number of sulfone groups is 1. The van der Waals surface area contributed by atoms with Crippen molar-refractivity contribution in [1.29, 1.82) is 0 Å². The Kier molecular flexibility index (Phi) is 4.13. The second-order valence-corrected chi connectivity index (χ2v) is 7.16. The minimum Gasteiger partial charge on any atom is -0.399 e. The van der Waals surface area contributed by atoms with E-state index in [1.165, 1.54) is 0 Å². The summed E-state index contributed by atoms with van der Waals surface area (Å²) in [7, 11) is -3.04. The number of hydrogen-bond acceptors (Lipinski definition) is 4. The number of hydrogen-bond donors (Lipinski definition) is 1. The second kappa shape index (κ2) is 5.66. The molecule has 0 radical (unpaired) electrons. The van der Waals surface area contributed by atoms with E-state index in [0.29, 0.717) is 24.2 Å². The van der Waals surface area contributed by atoms with Crippen molar-refractivity contribution < 1.29 is 13.2 Å². The van der Waals surface area contributed by atoms with Crippen LogP contribution in [0.25, 0.3) is 0 Å². The number of anilines is 1. The number of nitrogen functional groups attached to an aromatic ring is 1. The van der Waals surface area contributed by atoms with Crippen LogP contribution in [0.4, 0.5) is 5.69 Å². The predicted octanol–water partition coefficient (Wildman–Crippen LogP) is 1.08. The summed E-state index contributed by atoms with van der Waals surface area (Å²) in [5, 5.41) is 0. The molecular formula is C14H18N2O3S. The van der Waals surface area contributed by atoms with Gasteiger partial charge in [-0.05, 0) is 24.6 Å². The zero-order valence-electron chi connectivity index (χ0n) is 11.2. The quantitative estimate of drug-likeness (QED) is 0.665. The SMILES string of the molecule is C=CCN(C(=O)c1cccc(N)c1)[C@H]1CCS(=O)(=O)C1. The zero-order chi connectivity index (χ0) is 14.8. The lowest BCUT2D eigenvalue weighted by atomic mass is 10.1. The maximum Gasteiger partial charge on any atom is 0.254 e. The van der Waals surface area contributed by atoms with Crippen molar-refractivity contribution in [2.75, 3.05) is 23.8 Å². The largest absolute Gasteiger partial charge is 0.399 e. The van der Waals surface area contributed by atoms with E-state index >= 15 is 0 Å². The van der Waals surface area contributed by atoms with Crippen molar-refractivity contribution in [3.63, 3.8) is 0 Å². The van der Waals surface area contributed by atoms with Crippen LogP contribution in [0.2, 0.25) is 0 Å². The van der Waals surface area contributed by atoms with E-state index in [1.54, 1.807) is 35.2 Å². The highest BCUT2D eigenvalue weighted by atomic mass is 32.2. The maximum absolute atomic E-state index is 12.5. The lowest BCUT2D eigenvalue weighted by molar-refractivity contribution is 0.0720. The molecule has 108 valence electrons. The fraction of sp³-hybridized carbons (Fsp3) is 0.357. The van der Waals surface area contributed by atoms with Gasteiger partial charge >= 0.3 is 0 Å². The second-order valence-electron chi connectivity index (χ2n) is 4.93. The van der Waals surface area contributed by atoms with Crippen molar-refractivity contribution in [2.24, 2.45) is 0 Å². The number of carbonyl (C=O) groups is 1. The third-order valence-corrected chi connectivity index (χ3v) is 5.12. The molecule has 2 N–H and O–H groups in total. The predicted molar refractivity (Wildman–Crippen MR) is 79.1 cm³/mol. The van der Waals surface area contributed by atoms with E-state index in [2.05, 4.69) is 6.58 Å². The zero-order valence-corrected chi connectivity index (χ0v) is 12.0. The van der Waals surface area contributed by atoms with Crippen molar-refractivity contribution >= 4 is 21.4 Å². The van der Waals surface area contributed by atoms with Crippen LogP contribution < -0.4 is 5.73 Å². The number of rotatable bonds is 4. The van der Waals surface area contributed by atoms with Gasteiger partial charge in [0.15, 0.2) is 9.84 Å². The lowest BCUT2D eigenvalue weighted by Crippen LogP contribution is -2.41. The van der Waals surface area contributed by atoms with Crippen LogP contribution >= 0.6 is 0 Å². The molecule has 0 aromatic heterocycles. The van der Waals surface area contributed by atoms with Gasteiger partial charge < -0.3 is 10.6 Å². The molecule has 1 aromatic rings. The smallest absolute Gasteiger partial charge is 0.254 e. The summed E-state index contributed by atoms with van der Waals surface area (Å²) >= 11 is 0. The molecule has 20 heavy (non-hydrogen) atoms. The molecule has 1 aromatic carbocycles. The minimum atomic E-state index is -3.04. The van der Waals surface area contributed by atoms with Gasteiger partial charge in [-0.15, -0.1) is 6.58 Å². The van der Waals surface area contributed by atoms with Crippen molar-refractivity contribution in [3.8, 4) is 0 Å².